The average molecular weight is 252 g/mol. The summed E-state index contributed by atoms with van der Waals surface area (Å²) >= 11 is 1.76. The number of aryl methyl sites for hydroxylation is 2. The first-order valence-corrected chi connectivity index (χ1v) is 7.22. The maximum atomic E-state index is 4.30. The first-order valence-electron chi connectivity index (χ1n) is 6.34. The normalized spacial score (nSPS) is 14.5. The minimum Gasteiger partial charge on any atom is -0.316 e. The molecule has 1 heterocycles. The second-order valence-corrected chi connectivity index (χ2v) is 5.84. The smallest absolute Gasteiger partial charge is 0.0797 e. The third-order valence-electron chi connectivity index (χ3n) is 3.22. The number of hydrogen-bond donors (Lipinski definition) is 1. The molecule has 0 aromatic carbocycles. The molecular formula is C14H24N2S. The maximum absolute atomic E-state index is 4.30. The Morgan fingerprint density at radius 1 is 1.59 bits per heavy atom. The second kappa shape index (κ2) is 6.92. The van der Waals surface area contributed by atoms with Gasteiger partial charge in [0.1, 0.15) is 0 Å². The fourth-order valence-electron chi connectivity index (χ4n) is 1.78. The van der Waals surface area contributed by atoms with Gasteiger partial charge in [0.05, 0.1) is 11.2 Å². The van der Waals surface area contributed by atoms with Crippen molar-refractivity contribution < 1.29 is 0 Å². The van der Waals surface area contributed by atoms with E-state index >= 15 is 0 Å². The zero-order chi connectivity index (χ0) is 12.7. The van der Waals surface area contributed by atoms with Crippen LogP contribution in [0.5, 0.6) is 0 Å². The van der Waals surface area contributed by atoms with Crippen molar-refractivity contribution in [3.8, 4) is 0 Å². The summed E-state index contributed by atoms with van der Waals surface area (Å²) in [6.07, 6.45) is 5.51. The molecule has 0 spiro atoms. The summed E-state index contributed by atoms with van der Waals surface area (Å²) in [6.45, 7) is 12.6. The summed E-state index contributed by atoms with van der Waals surface area (Å²) in [6, 6.07) is 0. The van der Waals surface area contributed by atoms with E-state index in [-0.39, 0.29) is 5.41 Å². The molecule has 1 aromatic rings. The van der Waals surface area contributed by atoms with Gasteiger partial charge in [-0.25, -0.2) is 4.98 Å². The number of aromatic nitrogens is 1. The Morgan fingerprint density at radius 2 is 2.35 bits per heavy atom. The van der Waals surface area contributed by atoms with Gasteiger partial charge in [-0.1, -0.05) is 19.9 Å². The van der Waals surface area contributed by atoms with Crippen molar-refractivity contribution in [2.45, 2.75) is 40.0 Å². The highest BCUT2D eigenvalue weighted by Crippen LogP contribution is 2.26. The van der Waals surface area contributed by atoms with E-state index in [1.807, 2.05) is 5.51 Å². The second-order valence-electron chi connectivity index (χ2n) is 4.90. The van der Waals surface area contributed by atoms with Gasteiger partial charge in [0.15, 0.2) is 0 Å². The van der Waals surface area contributed by atoms with Crippen molar-refractivity contribution in [2.24, 2.45) is 5.41 Å². The molecular weight excluding hydrogens is 228 g/mol. The van der Waals surface area contributed by atoms with E-state index in [1.165, 1.54) is 17.0 Å². The average Bonchev–Trinajstić information content (AvgIpc) is 2.73. The van der Waals surface area contributed by atoms with Gasteiger partial charge in [-0.3, -0.25) is 0 Å². The Morgan fingerprint density at radius 3 is 2.88 bits per heavy atom. The molecule has 1 rings (SSSR count). The van der Waals surface area contributed by atoms with Crippen LogP contribution in [0.25, 0.3) is 0 Å². The van der Waals surface area contributed by atoms with Crippen molar-refractivity contribution in [3.05, 3.63) is 28.7 Å². The maximum Gasteiger partial charge on any atom is 0.0797 e. The van der Waals surface area contributed by atoms with Gasteiger partial charge in [0, 0.05) is 11.4 Å². The van der Waals surface area contributed by atoms with Crippen LogP contribution in [0.3, 0.4) is 0 Å². The molecule has 0 saturated heterocycles. The lowest BCUT2D eigenvalue weighted by molar-refractivity contribution is 0.366. The molecule has 96 valence electrons. The first kappa shape index (κ1) is 14.4. The summed E-state index contributed by atoms with van der Waals surface area (Å²) in [4.78, 5) is 5.71. The van der Waals surface area contributed by atoms with Crippen LogP contribution in [-0.4, -0.2) is 18.1 Å². The van der Waals surface area contributed by atoms with Crippen LogP contribution in [0.15, 0.2) is 18.2 Å². The highest BCUT2D eigenvalue weighted by atomic mass is 32.1. The number of hydrogen-bond acceptors (Lipinski definition) is 3. The quantitative estimate of drug-likeness (QED) is 0.565. The molecule has 0 bridgehead atoms. The molecule has 0 aliphatic carbocycles. The largest absolute Gasteiger partial charge is 0.316 e. The Balaban J connectivity index is 2.45. The summed E-state index contributed by atoms with van der Waals surface area (Å²) in [5, 5.41) is 3.49. The minimum atomic E-state index is 0.186. The molecule has 0 aliphatic rings. The highest BCUT2D eigenvalue weighted by Gasteiger charge is 2.20. The van der Waals surface area contributed by atoms with Gasteiger partial charge >= 0.3 is 0 Å². The number of nitrogens with zero attached hydrogens (tertiary/aromatic N) is 1. The fourth-order valence-corrected chi connectivity index (χ4v) is 2.56. The highest BCUT2D eigenvalue weighted by molar-refractivity contribution is 7.09. The fraction of sp³-hybridized carbons (Fsp3) is 0.643. The zero-order valence-electron chi connectivity index (χ0n) is 11.3. The molecule has 0 amide bonds. The summed E-state index contributed by atoms with van der Waals surface area (Å²) < 4.78 is 0. The Kier molecular flexibility index (Phi) is 5.86. The van der Waals surface area contributed by atoms with E-state index in [9.17, 15) is 0 Å². The van der Waals surface area contributed by atoms with Gasteiger partial charge in [-0.15, -0.1) is 17.9 Å². The first-order chi connectivity index (χ1) is 8.11. The lowest BCUT2D eigenvalue weighted by atomic mass is 9.85. The van der Waals surface area contributed by atoms with Gasteiger partial charge in [-0.2, -0.15) is 0 Å². The van der Waals surface area contributed by atoms with Crippen LogP contribution in [-0.2, 0) is 6.42 Å². The van der Waals surface area contributed by atoms with E-state index in [2.05, 4.69) is 43.7 Å². The van der Waals surface area contributed by atoms with Crippen LogP contribution < -0.4 is 5.32 Å². The molecule has 1 unspecified atom stereocenters. The number of thiazole rings is 1. The molecule has 3 heteroatoms. The van der Waals surface area contributed by atoms with E-state index in [4.69, 9.17) is 0 Å². The molecule has 1 aromatic heterocycles. The molecule has 0 fully saturated rings. The van der Waals surface area contributed by atoms with E-state index in [0.29, 0.717) is 0 Å². The standard InChI is InChI=1S/C14H24N2S/c1-5-9-15-10-14(4,6-2)8-7-13-12(3)16-11-17-13/h6,11,15H,2,5,7-10H2,1,3-4H3. The Bertz CT molecular complexity index is 346. The van der Waals surface area contributed by atoms with Crippen molar-refractivity contribution in [1.29, 1.82) is 0 Å². The zero-order valence-corrected chi connectivity index (χ0v) is 12.1. The van der Waals surface area contributed by atoms with Crippen molar-refractivity contribution in [2.75, 3.05) is 13.1 Å². The number of nitrogens with one attached hydrogen (secondary N) is 1. The van der Waals surface area contributed by atoms with E-state index in [0.717, 1.165) is 25.9 Å². The van der Waals surface area contributed by atoms with Crippen molar-refractivity contribution in [3.63, 3.8) is 0 Å². The van der Waals surface area contributed by atoms with Crippen LogP contribution in [0.2, 0.25) is 0 Å². The van der Waals surface area contributed by atoms with Crippen LogP contribution in [0.1, 0.15) is 37.3 Å². The predicted octanol–water partition coefficient (Wildman–Crippen LogP) is 3.58. The minimum absolute atomic E-state index is 0.186. The molecule has 2 nitrogen and oxygen atoms in total. The summed E-state index contributed by atoms with van der Waals surface area (Å²) in [5.74, 6) is 0. The monoisotopic (exact) mass is 252 g/mol. The molecule has 1 N–H and O–H groups in total. The van der Waals surface area contributed by atoms with Gasteiger partial charge in [-0.05, 0) is 38.1 Å². The topological polar surface area (TPSA) is 24.9 Å². The Labute approximate surface area is 109 Å². The lowest BCUT2D eigenvalue weighted by Gasteiger charge is -2.26. The molecule has 0 saturated carbocycles. The Hall–Kier alpha value is -0.670. The number of rotatable bonds is 8. The van der Waals surface area contributed by atoms with E-state index in [1.54, 1.807) is 11.3 Å². The van der Waals surface area contributed by atoms with Gasteiger partial charge in [0.25, 0.3) is 0 Å². The van der Waals surface area contributed by atoms with Crippen LogP contribution in [0.4, 0.5) is 0 Å². The van der Waals surface area contributed by atoms with Gasteiger partial charge in [0.2, 0.25) is 0 Å². The van der Waals surface area contributed by atoms with Crippen molar-refractivity contribution in [1.82, 2.24) is 10.3 Å². The summed E-state index contributed by atoms with van der Waals surface area (Å²) in [7, 11) is 0. The molecule has 0 aliphatic heterocycles. The molecule has 17 heavy (non-hydrogen) atoms. The van der Waals surface area contributed by atoms with Crippen LogP contribution in [0, 0.1) is 12.3 Å². The third kappa shape index (κ3) is 4.60. The van der Waals surface area contributed by atoms with Crippen molar-refractivity contribution >= 4 is 11.3 Å². The SMILES string of the molecule is C=CC(C)(CCc1scnc1C)CNCCC. The lowest BCUT2D eigenvalue weighted by Crippen LogP contribution is -2.31. The van der Waals surface area contributed by atoms with Crippen LogP contribution >= 0.6 is 11.3 Å². The third-order valence-corrected chi connectivity index (χ3v) is 4.21. The van der Waals surface area contributed by atoms with Gasteiger partial charge < -0.3 is 5.32 Å². The van der Waals surface area contributed by atoms with E-state index < -0.39 is 0 Å². The predicted molar refractivity (Wildman–Crippen MR) is 76.6 cm³/mol. The summed E-state index contributed by atoms with van der Waals surface area (Å²) in [5.41, 5.74) is 3.31. The molecule has 0 radical (unpaired) electrons. The molecule has 1 atom stereocenters.